The Labute approximate surface area is 244 Å². The molecular formula is C29H29F3N6O3S. The van der Waals surface area contributed by atoms with Gasteiger partial charge in [-0.15, -0.1) is 0 Å². The number of amides is 2. The van der Waals surface area contributed by atoms with Crippen LogP contribution in [0.2, 0.25) is 0 Å². The highest BCUT2D eigenvalue weighted by Crippen LogP contribution is 2.38. The molecule has 220 valence electrons. The maximum absolute atomic E-state index is 13.7. The Morgan fingerprint density at radius 2 is 1.95 bits per heavy atom. The van der Waals surface area contributed by atoms with Crippen molar-refractivity contribution in [3.63, 3.8) is 0 Å². The molecule has 4 aromatic rings. The van der Waals surface area contributed by atoms with Crippen LogP contribution in [0.1, 0.15) is 39.2 Å². The summed E-state index contributed by atoms with van der Waals surface area (Å²) in [5, 5.41) is 5.82. The molecule has 5 rings (SSSR count). The maximum atomic E-state index is 13.7. The van der Waals surface area contributed by atoms with E-state index in [2.05, 4.69) is 44.3 Å². The van der Waals surface area contributed by atoms with Crippen LogP contribution in [-0.2, 0) is 15.8 Å². The standard InChI is InChI=1S/C29H29F3N6O3S/c1-16(2)14-38-11-5-6-22(38)27(40)36-21-12-18(29(30,31)32)9-10-19(21)20-13-25(34-15-33-20)41-23-7-4-8-24-26(23)37-28(42-24)35-17(3)39/h4,7-10,12-13,15-16,22H,5-6,11,14H2,1-3H3,(H,36,40)(H,35,37,39)/t22-/m0/s1. The van der Waals surface area contributed by atoms with E-state index in [4.69, 9.17) is 4.74 Å². The zero-order chi connectivity index (χ0) is 30.0. The SMILES string of the molecule is CC(=O)Nc1nc2c(Oc3cc(-c4ccc(C(F)(F)F)cc4NC(=O)[C@@H]4CCCN4CC(C)C)ncn3)cccc2s1. The summed E-state index contributed by atoms with van der Waals surface area (Å²) in [4.78, 5) is 39.7. The van der Waals surface area contributed by atoms with Crippen molar-refractivity contribution in [3.05, 3.63) is 54.4 Å². The second-order valence-electron chi connectivity index (χ2n) is 10.4. The molecule has 3 heterocycles. The third-order valence-corrected chi connectivity index (χ3v) is 7.60. The average Bonchev–Trinajstić information content (AvgIpc) is 3.54. The number of hydrogen-bond acceptors (Lipinski definition) is 8. The number of hydrogen-bond donors (Lipinski definition) is 2. The van der Waals surface area contributed by atoms with Gasteiger partial charge in [0.15, 0.2) is 10.9 Å². The quantitative estimate of drug-likeness (QED) is 0.236. The Morgan fingerprint density at radius 1 is 1.14 bits per heavy atom. The Bertz CT molecular complexity index is 1620. The second-order valence-corrected chi connectivity index (χ2v) is 11.5. The number of para-hydroxylation sites is 1. The van der Waals surface area contributed by atoms with E-state index in [9.17, 15) is 22.8 Å². The fourth-order valence-electron chi connectivity index (χ4n) is 4.94. The van der Waals surface area contributed by atoms with Gasteiger partial charge in [-0.3, -0.25) is 14.5 Å². The van der Waals surface area contributed by atoms with Crippen LogP contribution in [0.15, 0.2) is 48.8 Å². The molecule has 0 spiro atoms. The molecule has 0 saturated carbocycles. The number of thiazole rings is 1. The number of rotatable bonds is 8. The van der Waals surface area contributed by atoms with Crippen LogP contribution in [0.25, 0.3) is 21.5 Å². The molecule has 2 amide bonds. The Balaban J connectivity index is 1.46. The third-order valence-electron chi connectivity index (χ3n) is 6.67. The summed E-state index contributed by atoms with van der Waals surface area (Å²) in [6.07, 6.45) is -1.90. The molecule has 0 radical (unpaired) electrons. The molecule has 9 nitrogen and oxygen atoms in total. The molecule has 42 heavy (non-hydrogen) atoms. The van der Waals surface area contributed by atoms with E-state index in [0.29, 0.717) is 28.7 Å². The summed E-state index contributed by atoms with van der Waals surface area (Å²) < 4.78 is 47.8. The largest absolute Gasteiger partial charge is 0.437 e. The molecule has 0 bridgehead atoms. The first-order chi connectivity index (χ1) is 20.0. The van der Waals surface area contributed by atoms with E-state index < -0.39 is 17.8 Å². The second kappa shape index (κ2) is 12.0. The first kappa shape index (κ1) is 29.4. The van der Waals surface area contributed by atoms with E-state index in [1.807, 2.05) is 6.07 Å². The Kier molecular flexibility index (Phi) is 8.41. The van der Waals surface area contributed by atoms with Crippen LogP contribution in [-0.4, -0.2) is 50.8 Å². The normalized spacial score (nSPS) is 15.7. The Morgan fingerprint density at radius 3 is 2.69 bits per heavy atom. The number of benzene rings is 2. The van der Waals surface area contributed by atoms with Crippen LogP contribution >= 0.6 is 11.3 Å². The summed E-state index contributed by atoms with van der Waals surface area (Å²) in [6.45, 7) is 6.99. The van der Waals surface area contributed by atoms with Gasteiger partial charge >= 0.3 is 6.18 Å². The van der Waals surface area contributed by atoms with Gasteiger partial charge in [-0.25, -0.2) is 15.0 Å². The number of likely N-dealkylation sites (tertiary alicyclic amines) is 1. The van der Waals surface area contributed by atoms with Gasteiger partial charge in [-0.1, -0.05) is 37.3 Å². The van der Waals surface area contributed by atoms with Crippen molar-refractivity contribution >= 4 is 44.2 Å². The predicted octanol–water partition coefficient (Wildman–Crippen LogP) is 6.58. The molecule has 1 fully saturated rings. The lowest BCUT2D eigenvalue weighted by atomic mass is 10.0. The van der Waals surface area contributed by atoms with Crippen molar-refractivity contribution in [2.75, 3.05) is 23.7 Å². The summed E-state index contributed by atoms with van der Waals surface area (Å²) in [7, 11) is 0. The average molecular weight is 599 g/mol. The van der Waals surface area contributed by atoms with Gasteiger partial charge in [0.25, 0.3) is 0 Å². The first-order valence-electron chi connectivity index (χ1n) is 13.4. The molecule has 1 aliphatic heterocycles. The fraction of sp³-hybridized carbons (Fsp3) is 0.345. The highest BCUT2D eigenvalue weighted by atomic mass is 32.1. The van der Waals surface area contributed by atoms with Gasteiger partial charge < -0.3 is 15.4 Å². The number of alkyl halides is 3. The highest BCUT2D eigenvalue weighted by Gasteiger charge is 2.34. The molecule has 1 saturated heterocycles. The summed E-state index contributed by atoms with van der Waals surface area (Å²) in [5.74, 6) is 0.227. The van der Waals surface area contributed by atoms with Crippen molar-refractivity contribution in [1.29, 1.82) is 0 Å². The van der Waals surface area contributed by atoms with Crippen LogP contribution in [0, 0.1) is 5.92 Å². The minimum atomic E-state index is -4.60. The fourth-order valence-corrected chi connectivity index (χ4v) is 5.87. The van der Waals surface area contributed by atoms with Crippen LogP contribution < -0.4 is 15.4 Å². The minimum absolute atomic E-state index is 0.00239. The molecule has 1 aliphatic rings. The van der Waals surface area contributed by atoms with Gasteiger partial charge in [0.2, 0.25) is 17.7 Å². The summed E-state index contributed by atoms with van der Waals surface area (Å²) >= 11 is 1.28. The molecule has 2 aromatic carbocycles. The number of anilines is 2. The van der Waals surface area contributed by atoms with Gasteiger partial charge in [-0.05, 0) is 49.6 Å². The van der Waals surface area contributed by atoms with E-state index in [1.54, 1.807) is 12.1 Å². The number of fused-ring (bicyclic) bond motifs is 1. The lowest BCUT2D eigenvalue weighted by Gasteiger charge is -2.26. The zero-order valence-electron chi connectivity index (χ0n) is 23.2. The Hall–Kier alpha value is -4.10. The summed E-state index contributed by atoms with van der Waals surface area (Å²) in [6, 6.07) is 9.51. The van der Waals surface area contributed by atoms with Gasteiger partial charge in [0.1, 0.15) is 11.8 Å². The monoisotopic (exact) mass is 598 g/mol. The molecule has 2 aromatic heterocycles. The van der Waals surface area contributed by atoms with Gasteiger partial charge in [0, 0.05) is 25.1 Å². The number of nitrogens with zero attached hydrogens (tertiary/aromatic N) is 4. The van der Waals surface area contributed by atoms with E-state index in [0.717, 1.165) is 36.3 Å². The van der Waals surface area contributed by atoms with Crippen LogP contribution in [0.5, 0.6) is 11.6 Å². The number of halogens is 3. The number of ether oxygens (including phenoxy) is 1. The molecule has 2 N–H and O–H groups in total. The third kappa shape index (κ3) is 6.68. The molecular weight excluding hydrogens is 569 g/mol. The van der Waals surface area contributed by atoms with Crippen molar-refractivity contribution < 1.29 is 27.5 Å². The van der Waals surface area contributed by atoms with Crippen molar-refractivity contribution in [3.8, 4) is 22.9 Å². The summed E-state index contributed by atoms with van der Waals surface area (Å²) in [5.41, 5.74) is 0.173. The first-order valence-corrected chi connectivity index (χ1v) is 14.2. The minimum Gasteiger partial charge on any atom is -0.437 e. The van der Waals surface area contributed by atoms with Crippen molar-refractivity contribution in [2.24, 2.45) is 5.92 Å². The maximum Gasteiger partial charge on any atom is 0.416 e. The predicted molar refractivity (Wildman–Crippen MR) is 155 cm³/mol. The number of carbonyl (C=O) groups is 2. The lowest BCUT2D eigenvalue weighted by molar-refractivity contribution is -0.137. The van der Waals surface area contributed by atoms with Crippen molar-refractivity contribution in [1.82, 2.24) is 19.9 Å². The number of carbonyl (C=O) groups excluding carboxylic acids is 2. The van der Waals surface area contributed by atoms with Crippen LogP contribution in [0.4, 0.5) is 24.0 Å². The highest BCUT2D eigenvalue weighted by molar-refractivity contribution is 7.22. The number of nitrogens with one attached hydrogen (secondary N) is 2. The molecule has 0 unspecified atom stereocenters. The molecule has 13 heteroatoms. The van der Waals surface area contributed by atoms with E-state index in [1.165, 1.54) is 36.7 Å². The molecule has 0 aliphatic carbocycles. The molecule has 1 atom stereocenters. The topological polar surface area (TPSA) is 109 Å². The zero-order valence-corrected chi connectivity index (χ0v) is 24.0. The smallest absolute Gasteiger partial charge is 0.416 e. The van der Waals surface area contributed by atoms with Gasteiger partial charge in [0.05, 0.1) is 27.7 Å². The lowest BCUT2D eigenvalue weighted by Crippen LogP contribution is -2.41. The number of aromatic nitrogens is 3. The van der Waals surface area contributed by atoms with Gasteiger partial charge in [-0.2, -0.15) is 13.2 Å². The van der Waals surface area contributed by atoms with E-state index >= 15 is 0 Å². The van der Waals surface area contributed by atoms with Crippen molar-refractivity contribution in [2.45, 2.75) is 45.8 Å². The van der Waals surface area contributed by atoms with E-state index in [-0.39, 0.29) is 34.6 Å². The van der Waals surface area contributed by atoms with Crippen LogP contribution in [0.3, 0.4) is 0 Å².